The largest absolute Gasteiger partial charge is 0.325 e. The standard InChI is InChI=1S/C20H24N2O2/c1-5-17-6-8-18(9-7-17)21-20(24)13-22(16(4)23)19-11-14(2)10-15(3)12-19/h6-12H,5,13H2,1-4H3,(H,21,24). The minimum absolute atomic E-state index is 0.00619. The van der Waals surface area contributed by atoms with Crippen molar-refractivity contribution in [1.29, 1.82) is 0 Å². The number of carbonyl (C=O) groups is 2. The zero-order valence-corrected chi connectivity index (χ0v) is 14.7. The summed E-state index contributed by atoms with van der Waals surface area (Å²) in [6.45, 7) is 7.51. The molecule has 0 aromatic heterocycles. The Bertz CT molecular complexity index is 716. The first-order chi connectivity index (χ1) is 11.4. The molecule has 126 valence electrons. The monoisotopic (exact) mass is 324 g/mol. The Morgan fingerprint density at radius 3 is 2.08 bits per heavy atom. The highest BCUT2D eigenvalue weighted by Crippen LogP contribution is 2.19. The number of nitrogens with one attached hydrogen (secondary N) is 1. The van der Waals surface area contributed by atoms with E-state index in [9.17, 15) is 9.59 Å². The van der Waals surface area contributed by atoms with Gasteiger partial charge in [-0.3, -0.25) is 9.59 Å². The number of amides is 2. The smallest absolute Gasteiger partial charge is 0.244 e. The van der Waals surface area contributed by atoms with Crippen molar-refractivity contribution in [1.82, 2.24) is 0 Å². The Hall–Kier alpha value is -2.62. The normalized spacial score (nSPS) is 10.3. The van der Waals surface area contributed by atoms with Crippen molar-refractivity contribution in [3.05, 3.63) is 59.2 Å². The molecule has 0 aliphatic heterocycles. The average molecular weight is 324 g/mol. The van der Waals surface area contributed by atoms with E-state index >= 15 is 0 Å². The minimum Gasteiger partial charge on any atom is -0.325 e. The molecule has 0 saturated carbocycles. The van der Waals surface area contributed by atoms with Crippen LogP contribution < -0.4 is 10.2 Å². The van der Waals surface area contributed by atoms with Gasteiger partial charge in [-0.25, -0.2) is 0 Å². The zero-order chi connectivity index (χ0) is 17.7. The van der Waals surface area contributed by atoms with E-state index in [0.29, 0.717) is 0 Å². The van der Waals surface area contributed by atoms with Gasteiger partial charge in [-0.15, -0.1) is 0 Å². The highest BCUT2D eigenvalue weighted by atomic mass is 16.2. The van der Waals surface area contributed by atoms with Crippen LogP contribution in [0.1, 0.15) is 30.5 Å². The second-order valence-corrected chi connectivity index (χ2v) is 6.05. The fourth-order valence-corrected chi connectivity index (χ4v) is 2.66. The van der Waals surface area contributed by atoms with Gasteiger partial charge in [0.1, 0.15) is 6.54 Å². The molecule has 1 N–H and O–H groups in total. The summed E-state index contributed by atoms with van der Waals surface area (Å²) in [5, 5.41) is 2.84. The van der Waals surface area contributed by atoms with Crippen molar-refractivity contribution in [2.75, 3.05) is 16.8 Å². The summed E-state index contributed by atoms with van der Waals surface area (Å²) in [4.78, 5) is 25.8. The predicted molar refractivity (Wildman–Crippen MR) is 98.4 cm³/mol. The number of aryl methyl sites for hydroxylation is 3. The first kappa shape index (κ1) is 17.7. The molecular formula is C20H24N2O2. The lowest BCUT2D eigenvalue weighted by molar-refractivity contribution is -0.120. The molecule has 0 aliphatic carbocycles. The van der Waals surface area contributed by atoms with E-state index in [0.717, 1.165) is 28.9 Å². The Morgan fingerprint density at radius 1 is 1.00 bits per heavy atom. The van der Waals surface area contributed by atoms with Gasteiger partial charge in [0.05, 0.1) is 0 Å². The van der Waals surface area contributed by atoms with Crippen molar-refractivity contribution < 1.29 is 9.59 Å². The highest BCUT2D eigenvalue weighted by molar-refractivity contribution is 6.01. The molecule has 0 heterocycles. The van der Waals surface area contributed by atoms with E-state index in [2.05, 4.69) is 12.2 Å². The van der Waals surface area contributed by atoms with Gasteiger partial charge in [0.15, 0.2) is 0 Å². The summed E-state index contributed by atoms with van der Waals surface area (Å²) >= 11 is 0. The highest BCUT2D eigenvalue weighted by Gasteiger charge is 2.16. The van der Waals surface area contributed by atoms with Crippen LogP contribution in [-0.2, 0) is 16.0 Å². The maximum Gasteiger partial charge on any atom is 0.244 e. The van der Waals surface area contributed by atoms with Crippen LogP contribution in [0.3, 0.4) is 0 Å². The molecule has 4 heteroatoms. The van der Waals surface area contributed by atoms with Gasteiger partial charge in [-0.2, -0.15) is 0 Å². The molecule has 24 heavy (non-hydrogen) atoms. The van der Waals surface area contributed by atoms with Gasteiger partial charge in [-0.05, 0) is 61.2 Å². The maximum atomic E-state index is 12.3. The second kappa shape index (κ2) is 7.77. The molecule has 0 saturated heterocycles. The Balaban J connectivity index is 2.11. The maximum absolute atomic E-state index is 12.3. The molecule has 0 fully saturated rings. The molecule has 0 unspecified atom stereocenters. The Kier molecular flexibility index (Phi) is 5.74. The predicted octanol–water partition coefficient (Wildman–Crippen LogP) is 3.86. The zero-order valence-electron chi connectivity index (χ0n) is 14.7. The van der Waals surface area contributed by atoms with Crippen molar-refractivity contribution in [3.63, 3.8) is 0 Å². The SMILES string of the molecule is CCc1ccc(NC(=O)CN(C(C)=O)c2cc(C)cc(C)c2)cc1. The first-order valence-electron chi connectivity index (χ1n) is 8.14. The molecule has 2 aromatic carbocycles. The van der Waals surface area contributed by atoms with Crippen LogP contribution in [0.25, 0.3) is 0 Å². The lowest BCUT2D eigenvalue weighted by Gasteiger charge is -2.21. The van der Waals surface area contributed by atoms with Crippen LogP contribution in [-0.4, -0.2) is 18.4 Å². The van der Waals surface area contributed by atoms with Gasteiger partial charge >= 0.3 is 0 Å². The summed E-state index contributed by atoms with van der Waals surface area (Å²) in [5.74, 6) is -0.370. The number of carbonyl (C=O) groups excluding carboxylic acids is 2. The van der Waals surface area contributed by atoms with E-state index < -0.39 is 0 Å². The van der Waals surface area contributed by atoms with E-state index in [1.54, 1.807) is 0 Å². The molecule has 0 atom stereocenters. The number of hydrogen-bond donors (Lipinski definition) is 1. The van der Waals surface area contributed by atoms with Gasteiger partial charge in [0, 0.05) is 18.3 Å². The molecule has 2 aromatic rings. The van der Waals surface area contributed by atoms with E-state index in [1.165, 1.54) is 17.4 Å². The van der Waals surface area contributed by atoms with Crippen LogP contribution >= 0.6 is 0 Å². The third-order valence-corrected chi connectivity index (χ3v) is 3.85. The molecule has 2 amide bonds. The van der Waals surface area contributed by atoms with Crippen molar-refractivity contribution in [3.8, 4) is 0 Å². The van der Waals surface area contributed by atoms with Gasteiger partial charge in [0.25, 0.3) is 0 Å². The number of rotatable bonds is 5. The number of anilines is 2. The van der Waals surface area contributed by atoms with Gasteiger partial charge < -0.3 is 10.2 Å². The molecule has 4 nitrogen and oxygen atoms in total. The molecule has 0 spiro atoms. The van der Waals surface area contributed by atoms with Crippen molar-refractivity contribution >= 4 is 23.2 Å². The van der Waals surface area contributed by atoms with Crippen molar-refractivity contribution in [2.24, 2.45) is 0 Å². The number of nitrogens with zero attached hydrogens (tertiary/aromatic N) is 1. The molecule has 2 rings (SSSR count). The van der Waals surface area contributed by atoms with Crippen LogP contribution in [0, 0.1) is 13.8 Å². The Labute approximate surface area is 143 Å². The van der Waals surface area contributed by atoms with Crippen molar-refractivity contribution in [2.45, 2.75) is 34.1 Å². The number of hydrogen-bond acceptors (Lipinski definition) is 2. The van der Waals surface area contributed by atoms with Crippen LogP contribution in [0.15, 0.2) is 42.5 Å². The van der Waals surface area contributed by atoms with E-state index in [4.69, 9.17) is 0 Å². The lowest BCUT2D eigenvalue weighted by Crippen LogP contribution is -2.36. The summed E-state index contributed by atoms with van der Waals surface area (Å²) in [5.41, 5.74) is 4.82. The van der Waals surface area contributed by atoms with Crippen LogP contribution in [0.4, 0.5) is 11.4 Å². The third kappa shape index (κ3) is 4.69. The topological polar surface area (TPSA) is 49.4 Å². The summed E-state index contributed by atoms with van der Waals surface area (Å²) in [7, 11) is 0. The lowest BCUT2D eigenvalue weighted by atomic mass is 10.1. The number of benzene rings is 2. The summed E-state index contributed by atoms with van der Waals surface area (Å²) in [6, 6.07) is 13.6. The molecule has 0 radical (unpaired) electrons. The fourth-order valence-electron chi connectivity index (χ4n) is 2.66. The molecule has 0 aliphatic rings. The Morgan fingerprint density at radius 2 is 1.58 bits per heavy atom. The van der Waals surface area contributed by atoms with Crippen LogP contribution in [0.2, 0.25) is 0 Å². The summed E-state index contributed by atoms with van der Waals surface area (Å²) in [6.07, 6.45) is 0.957. The second-order valence-electron chi connectivity index (χ2n) is 6.05. The summed E-state index contributed by atoms with van der Waals surface area (Å²) < 4.78 is 0. The van der Waals surface area contributed by atoms with Gasteiger partial charge in [-0.1, -0.05) is 25.1 Å². The quantitative estimate of drug-likeness (QED) is 0.908. The minimum atomic E-state index is -0.214. The van der Waals surface area contributed by atoms with Gasteiger partial charge in [0.2, 0.25) is 11.8 Å². The first-order valence-corrected chi connectivity index (χ1v) is 8.14. The fraction of sp³-hybridized carbons (Fsp3) is 0.300. The third-order valence-electron chi connectivity index (χ3n) is 3.85. The molecular weight excluding hydrogens is 300 g/mol. The van der Waals surface area contributed by atoms with E-state index in [-0.39, 0.29) is 18.4 Å². The van der Waals surface area contributed by atoms with Crippen LogP contribution in [0.5, 0.6) is 0 Å². The molecule has 0 bridgehead atoms. The van der Waals surface area contributed by atoms with E-state index in [1.807, 2.05) is 56.3 Å². The average Bonchev–Trinajstić information content (AvgIpc) is 2.52.